The Labute approximate surface area is 196 Å². The first-order valence-corrected chi connectivity index (χ1v) is 11.7. The Morgan fingerprint density at radius 2 is 1.88 bits per heavy atom. The third-order valence-corrected chi connectivity index (χ3v) is 7.85. The van der Waals surface area contributed by atoms with Crippen molar-refractivity contribution in [1.29, 1.82) is 0 Å². The Hall–Kier alpha value is -2.29. The summed E-state index contributed by atoms with van der Waals surface area (Å²) in [6.45, 7) is 3.95. The van der Waals surface area contributed by atoms with Gasteiger partial charge in [-0.2, -0.15) is 5.10 Å². The summed E-state index contributed by atoms with van der Waals surface area (Å²) >= 11 is 1.56. The van der Waals surface area contributed by atoms with Crippen LogP contribution in [0.2, 0.25) is 0 Å². The van der Waals surface area contributed by atoms with Gasteiger partial charge in [0.05, 0.1) is 22.3 Å². The van der Waals surface area contributed by atoms with Gasteiger partial charge >= 0.3 is 0 Å². The summed E-state index contributed by atoms with van der Waals surface area (Å²) in [4.78, 5) is 11.4. The summed E-state index contributed by atoms with van der Waals surface area (Å²) in [5.74, 6) is -0.296. The first-order chi connectivity index (χ1) is 14.9. The number of nitrogens with zero attached hydrogens (tertiary/aromatic N) is 5. The Balaban J connectivity index is 0.00000216. The lowest BCUT2D eigenvalue weighted by molar-refractivity contribution is 0.354. The van der Waals surface area contributed by atoms with Crippen LogP contribution in [-0.4, -0.2) is 44.8 Å². The molecule has 2 aliphatic rings. The quantitative estimate of drug-likeness (QED) is 0.459. The Morgan fingerprint density at radius 1 is 1.12 bits per heavy atom. The lowest BCUT2D eigenvalue weighted by atomic mass is 9.99. The second-order valence-electron chi connectivity index (χ2n) is 9.04. The highest BCUT2D eigenvalue weighted by Gasteiger charge is 2.36. The molecular weight excluding hydrogens is 447 g/mol. The topological polar surface area (TPSA) is 58.4 Å². The molecule has 168 valence electrons. The number of imidazole rings is 1. The minimum Gasteiger partial charge on any atom is -0.348 e. The van der Waals surface area contributed by atoms with Crippen LogP contribution in [-0.2, 0) is 0 Å². The van der Waals surface area contributed by atoms with Gasteiger partial charge in [-0.1, -0.05) is 11.3 Å². The smallest absolute Gasteiger partial charge is 0.186 e. The van der Waals surface area contributed by atoms with E-state index in [-0.39, 0.29) is 18.2 Å². The predicted molar refractivity (Wildman–Crippen MR) is 130 cm³/mol. The maximum Gasteiger partial charge on any atom is 0.186 e. The molecule has 9 heteroatoms. The van der Waals surface area contributed by atoms with Gasteiger partial charge in [0.15, 0.2) is 16.6 Å². The molecule has 3 atom stereocenters. The lowest BCUT2D eigenvalue weighted by Gasteiger charge is -2.35. The molecule has 0 spiro atoms. The minimum absolute atomic E-state index is 0. The Bertz CT molecular complexity index is 1310. The highest BCUT2D eigenvalue weighted by Crippen LogP contribution is 2.37. The average Bonchev–Trinajstić information content (AvgIpc) is 3.43. The zero-order valence-corrected chi connectivity index (χ0v) is 19.9. The summed E-state index contributed by atoms with van der Waals surface area (Å²) in [6, 6.07) is 7.21. The first-order valence-electron chi connectivity index (χ1n) is 10.9. The van der Waals surface area contributed by atoms with Gasteiger partial charge in [0.1, 0.15) is 5.52 Å². The van der Waals surface area contributed by atoms with Crippen LogP contribution >= 0.6 is 23.7 Å². The number of benzene rings is 1. The second-order valence-corrected chi connectivity index (χ2v) is 10.0. The number of fused-ring (bicyclic) bond motifs is 4. The number of anilines is 1. The molecule has 4 aromatic rings. The van der Waals surface area contributed by atoms with E-state index in [1.165, 1.54) is 12.8 Å². The van der Waals surface area contributed by atoms with Crippen molar-refractivity contribution in [2.24, 2.45) is 0 Å². The van der Waals surface area contributed by atoms with Crippen LogP contribution in [0.1, 0.15) is 36.9 Å². The van der Waals surface area contributed by atoms with Crippen LogP contribution in [0.5, 0.6) is 0 Å². The molecule has 1 aromatic carbocycles. The highest BCUT2D eigenvalue weighted by atomic mass is 35.5. The van der Waals surface area contributed by atoms with Crippen molar-refractivity contribution in [2.45, 2.75) is 57.7 Å². The molecule has 6 rings (SSSR count). The summed E-state index contributed by atoms with van der Waals surface area (Å²) in [5, 5.41) is 9.25. The molecule has 0 unspecified atom stereocenters. The molecule has 32 heavy (non-hydrogen) atoms. The number of thiazole rings is 1. The third-order valence-electron chi connectivity index (χ3n) is 6.76. The van der Waals surface area contributed by atoms with Crippen LogP contribution in [0.15, 0.2) is 24.4 Å². The number of nitrogens with one attached hydrogen (secondary N) is 1. The van der Waals surface area contributed by atoms with Crippen LogP contribution in [0.4, 0.5) is 9.52 Å². The van der Waals surface area contributed by atoms with Gasteiger partial charge in [0.2, 0.25) is 0 Å². The molecule has 2 aliphatic heterocycles. The van der Waals surface area contributed by atoms with Gasteiger partial charge in [0, 0.05) is 30.7 Å². The summed E-state index contributed by atoms with van der Waals surface area (Å²) < 4.78 is 17.7. The van der Waals surface area contributed by atoms with E-state index in [1.54, 1.807) is 21.9 Å². The zero-order valence-electron chi connectivity index (χ0n) is 18.3. The van der Waals surface area contributed by atoms with Crippen molar-refractivity contribution in [2.75, 3.05) is 11.9 Å². The van der Waals surface area contributed by atoms with Crippen molar-refractivity contribution in [3.05, 3.63) is 41.5 Å². The largest absolute Gasteiger partial charge is 0.348 e. The van der Waals surface area contributed by atoms with Crippen molar-refractivity contribution in [3.63, 3.8) is 0 Å². The normalized spacial score (nSPS) is 22.4. The number of aromatic nitrogens is 4. The molecule has 5 heterocycles. The van der Waals surface area contributed by atoms with Crippen molar-refractivity contribution >= 4 is 44.7 Å². The molecular formula is C23H26ClFN6S. The van der Waals surface area contributed by atoms with E-state index >= 15 is 4.39 Å². The van der Waals surface area contributed by atoms with E-state index in [0.717, 1.165) is 50.8 Å². The molecule has 6 nitrogen and oxygen atoms in total. The number of halogens is 2. The number of piperidine rings is 1. The maximum absolute atomic E-state index is 15.1. The fourth-order valence-corrected chi connectivity index (χ4v) is 6.21. The van der Waals surface area contributed by atoms with E-state index in [1.807, 2.05) is 32.2 Å². The van der Waals surface area contributed by atoms with E-state index in [2.05, 4.69) is 32.3 Å². The summed E-state index contributed by atoms with van der Waals surface area (Å²) in [6.07, 6.45) is 6.68. The molecule has 3 aromatic heterocycles. The SMILES string of the molecule is Cc1cn2nc(-c3cc(F)c4nc(N(C)[C@@H]5C[C@H]6CC[C@@H](C5)N6)sc4c3)cc(C)c2n1.Cl. The van der Waals surface area contributed by atoms with E-state index in [4.69, 9.17) is 0 Å². The van der Waals surface area contributed by atoms with Gasteiger partial charge < -0.3 is 10.2 Å². The van der Waals surface area contributed by atoms with Crippen LogP contribution in [0, 0.1) is 19.7 Å². The Kier molecular flexibility index (Phi) is 5.34. The van der Waals surface area contributed by atoms with Crippen molar-refractivity contribution in [1.82, 2.24) is 24.9 Å². The lowest BCUT2D eigenvalue weighted by Crippen LogP contribution is -2.47. The molecule has 2 bridgehead atoms. The molecule has 1 N–H and O–H groups in total. The second kappa shape index (κ2) is 7.93. The summed E-state index contributed by atoms with van der Waals surface area (Å²) in [7, 11) is 2.10. The molecule has 0 amide bonds. The minimum atomic E-state index is -0.296. The number of aryl methyl sites for hydroxylation is 2. The van der Waals surface area contributed by atoms with E-state index in [0.29, 0.717) is 23.6 Å². The molecule has 0 radical (unpaired) electrons. The van der Waals surface area contributed by atoms with Gasteiger partial charge in [-0.15, -0.1) is 12.4 Å². The maximum atomic E-state index is 15.1. The van der Waals surface area contributed by atoms with Crippen molar-refractivity contribution < 1.29 is 4.39 Å². The highest BCUT2D eigenvalue weighted by molar-refractivity contribution is 7.22. The number of hydrogen-bond donors (Lipinski definition) is 1. The van der Waals surface area contributed by atoms with Crippen LogP contribution < -0.4 is 10.2 Å². The number of rotatable bonds is 3. The standard InChI is InChI=1S/C23H25FN6S.ClH/c1-12-6-19(28-30-11-13(2)25-22(12)30)14-7-18(24)21-20(8-14)31-23(27-21)29(3)17-9-15-4-5-16(10-17)26-15;/h6-8,11,15-17,26H,4-5,9-10H2,1-3H3;1H/t15-,16+,17-;. The molecule has 2 fully saturated rings. The van der Waals surface area contributed by atoms with E-state index in [9.17, 15) is 0 Å². The van der Waals surface area contributed by atoms with Gasteiger partial charge in [0.25, 0.3) is 0 Å². The van der Waals surface area contributed by atoms with Crippen molar-refractivity contribution in [3.8, 4) is 11.3 Å². The molecule has 0 aliphatic carbocycles. The zero-order chi connectivity index (χ0) is 21.3. The van der Waals surface area contributed by atoms with E-state index < -0.39 is 0 Å². The van der Waals surface area contributed by atoms with Gasteiger partial charge in [-0.3, -0.25) is 0 Å². The van der Waals surface area contributed by atoms with Crippen LogP contribution in [0.25, 0.3) is 27.1 Å². The fraction of sp³-hybridized carbons (Fsp3) is 0.435. The molecule has 2 saturated heterocycles. The van der Waals surface area contributed by atoms with Gasteiger partial charge in [-0.25, -0.2) is 18.9 Å². The summed E-state index contributed by atoms with van der Waals surface area (Å²) in [5.41, 5.74) is 4.71. The Morgan fingerprint density at radius 3 is 2.62 bits per heavy atom. The average molecular weight is 473 g/mol. The molecule has 0 saturated carbocycles. The van der Waals surface area contributed by atoms with Crippen LogP contribution in [0.3, 0.4) is 0 Å². The third kappa shape index (κ3) is 3.54. The first kappa shape index (κ1) is 21.6. The number of hydrogen-bond acceptors (Lipinski definition) is 6. The predicted octanol–water partition coefficient (Wildman–Crippen LogP) is 4.90. The van der Waals surface area contributed by atoms with Gasteiger partial charge in [-0.05, 0) is 63.3 Å². The fourth-order valence-electron chi connectivity index (χ4n) is 5.16. The monoisotopic (exact) mass is 472 g/mol.